The number of aromatic nitrogens is 6. The molecule has 0 saturated carbocycles. The second-order valence-electron chi connectivity index (χ2n) is 21.2. The topological polar surface area (TPSA) is 238 Å². The van der Waals surface area contributed by atoms with Gasteiger partial charge in [0.15, 0.2) is 12.1 Å². The third-order valence-corrected chi connectivity index (χ3v) is 10.3. The van der Waals surface area contributed by atoms with Crippen LogP contribution in [0.2, 0.25) is 0 Å². The summed E-state index contributed by atoms with van der Waals surface area (Å²) in [5.41, 5.74) is -0.383. The number of nitrogens with one attached hydrogen (secondary N) is 1. The van der Waals surface area contributed by atoms with Crippen molar-refractivity contribution in [1.29, 1.82) is 0 Å². The molecule has 1 aliphatic heterocycles. The second kappa shape index (κ2) is 22.8. The van der Waals surface area contributed by atoms with Crippen molar-refractivity contribution in [3.63, 3.8) is 0 Å². The van der Waals surface area contributed by atoms with Crippen molar-refractivity contribution < 1.29 is 57.2 Å². The van der Waals surface area contributed by atoms with Gasteiger partial charge in [-0.2, -0.15) is 0 Å². The Morgan fingerprint density at radius 3 is 1.66 bits per heavy atom. The molecule has 5 rings (SSSR count). The Hall–Kier alpha value is -7.06. The number of amides is 3. The molecule has 0 bridgehead atoms. The molecule has 2 aromatic heterocycles. The summed E-state index contributed by atoms with van der Waals surface area (Å²) in [6, 6.07) is 9.84. The highest BCUT2D eigenvalue weighted by Gasteiger charge is 2.32. The molecule has 1 aliphatic rings. The van der Waals surface area contributed by atoms with Crippen LogP contribution in [0.25, 0.3) is 22.5 Å². The normalized spacial score (nSPS) is 14.2. The van der Waals surface area contributed by atoms with E-state index in [-0.39, 0.29) is 49.8 Å². The molecule has 0 unspecified atom stereocenters. The number of alkyl carbamates (subject to hydrolysis) is 1. The van der Waals surface area contributed by atoms with Gasteiger partial charge in [0.05, 0.1) is 19.5 Å². The van der Waals surface area contributed by atoms with E-state index in [0.717, 1.165) is 0 Å². The zero-order chi connectivity index (χ0) is 52.5. The molecule has 0 aliphatic carbocycles. The quantitative estimate of drug-likeness (QED) is 0.0518. The van der Waals surface area contributed by atoms with E-state index in [9.17, 15) is 28.8 Å². The summed E-state index contributed by atoms with van der Waals surface area (Å²) < 4.78 is 35.2. The SMILES string of the molecule is COC(=O)[C@H](CCCCNC(=O)OC(C)(C)C)n1cc(-c2cc(C(=O)N3CCN(C(=O)OC(C)(C)C)CC3)cc(-c3cn([C@@H](Cc4ccc(OC(=O)OC(C)(C)C)cc4)C(=O)OC(C)(C)C)nn3)c2)nn1. The van der Waals surface area contributed by atoms with Crippen LogP contribution in [-0.4, -0.2) is 138 Å². The first-order valence-corrected chi connectivity index (χ1v) is 23.6. The molecule has 386 valence electrons. The Kier molecular flexibility index (Phi) is 17.6. The molecular formula is C50H69N9O12. The van der Waals surface area contributed by atoms with E-state index in [1.165, 1.54) is 16.5 Å². The fraction of sp³-hybridized carbons (Fsp3) is 0.560. The van der Waals surface area contributed by atoms with E-state index in [1.807, 2.05) is 0 Å². The molecule has 0 spiro atoms. The number of hydrogen-bond donors (Lipinski definition) is 1. The van der Waals surface area contributed by atoms with Crippen molar-refractivity contribution >= 4 is 36.2 Å². The number of benzene rings is 2. The molecule has 4 aromatic rings. The lowest BCUT2D eigenvalue weighted by Crippen LogP contribution is -2.51. The zero-order valence-electron chi connectivity index (χ0n) is 43.2. The summed E-state index contributed by atoms with van der Waals surface area (Å²) in [7, 11) is 1.28. The first-order valence-electron chi connectivity index (χ1n) is 23.6. The average molecular weight is 988 g/mol. The summed E-state index contributed by atoms with van der Waals surface area (Å²) >= 11 is 0. The Morgan fingerprint density at radius 2 is 1.14 bits per heavy atom. The monoisotopic (exact) mass is 988 g/mol. The van der Waals surface area contributed by atoms with Crippen LogP contribution in [0, 0.1) is 0 Å². The van der Waals surface area contributed by atoms with Crippen LogP contribution in [0.4, 0.5) is 14.4 Å². The lowest BCUT2D eigenvalue weighted by atomic mass is 10.0. The molecule has 1 N–H and O–H groups in total. The number of unbranched alkanes of at least 4 members (excludes halogenated alkanes) is 1. The number of esters is 2. The zero-order valence-corrected chi connectivity index (χ0v) is 43.2. The highest BCUT2D eigenvalue weighted by molar-refractivity contribution is 5.97. The molecule has 2 aromatic carbocycles. The lowest BCUT2D eigenvalue weighted by molar-refractivity contribution is -0.159. The third-order valence-electron chi connectivity index (χ3n) is 10.3. The van der Waals surface area contributed by atoms with Gasteiger partial charge in [-0.25, -0.2) is 33.3 Å². The molecule has 1 saturated heterocycles. The van der Waals surface area contributed by atoms with Crippen molar-refractivity contribution in [2.24, 2.45) is 0 Å². The van der Waals surface area contributed by atoms with Gasteiger partial charge in [-0.1, -0.05) is 22.6 Å². The number of piperazine rings is 1. The Labute approximate surface area is 414 Å². The minimum absolute atomic E-state index is 0.119. The Morgan fingerprint density at radius 1 is 0.620 bits per heavy atom. The molecular weight excluding hydrogens is 919 g/mol. The fourth-order valence-corrected chi connectivity index (χ4v) is 7.17. The van der Waals surface area contributed by atoms with E-state index in [2.05, 4.69) is 25.9 Å². The summed E-state index contributed by atoms with van der Waals surface area (Å²) in [4.78, 5) is 81.9. The van der Waals surface area contributed by atoms with Gasteiger partial charge in [-0.3, -0.25) is 4.79 Å². The van der Waals surface area contributed by atoms with Crippen LogP contribution < -0.4 is 10.1 Å². The van der Waals surface area contributed by atoms with Gasteiger partial charge < -0.3 is 43.5 Å². The van der Waals surface area contributed by atoms with Crippen molar-refractivity contribution in [1.82, 2.24) is 45.1 Å². The van der Waals surface area contributed by atoms with E-state index in [4.69, 9.17) is 28.4 Å². The molecule has 71 heavy (non-hydrogen) atoms. The van der Waals surface area contributed by atoms with Crippen molar-refractivity contribution in [3.05, 3.63) is 66.0 Å². The number of carbonyl (C=O) groups is 6. The van der Waals surface area contributed by atoms with E-state index in [0.29, 0.717) is 53.9 Å². The van der Waals surface area contributed by atoms with Gasteiger partial charge in [0, 0.05) is 55.8 Å². The molecule has 21 nitrogen and oxygen atoms in total. The number of rotatable bonds is 15. The van der Waals surface area contributed by atoms with Crippen molar-refractivity contribution in [3.8, 4) is 28.3 Å². The average Bonchev–Trinajstić information content (AvgIpc) is 3.96. The minimum atomic E-state index is -0.998. The van der Waals surface area contributed by atoms with Crippen LogP contribution in [0.3, 0.4) is 0 Å². The van der Waals surface area contributed by atoms with Gasteiger partial charge in [-0.15, -0.1) is 10.2 Å². The Balaban J connectivity index is 1.46. The maximum Gasteiger partial charge on any atom is 0.514 e. The fourth-order valence-electron chi connectivity index (χ4n) is 7.17. The number of hydrogen-bond acceptors (Lipinski definition) is 16. The van der Waals surface area contributed by atoms with Crippen LogP contribution in [0.5, 0.6) is 5.75 Å². The van der Waals surface area contributed by atoms with Crippen LogP contribution in [0.1, 0.15) is 130 Å². The minimum Gasteiger partial charge on any atom is -0.467 e. The highest BCUT2D eigenvalue weighted by atomic mass is 16.7. The predicted octanol–water partition coefficient (Wildman–Crippen LogP) is 7.75. The van der Waals surface area contributed by atoms with Gasteiger partial charge >= 0.3 is 30.3 Å². The molecule has 3 amide bonds. The van der Waals surface area contributed by atoms with Gasteiger partial charge in [0.25, 0.3) is 5.91 Å². The Bertz CT molecular complexity index is 2500. The highest BCUT2D eigenvalue weighted by Crippen LogP contribution is 2.30. The third kappa shape index (κ3) is 17.1. The number of methoxy groups -OCH3 is 1. The number of nitrogens with zero attached hydrogens (tertiary/aromatic N) is 8. The number of ether oxygens (including phenoxy) is 6. The van der Waals surface area contributed by atoms with Crippen LogP contribution >= 0.6 is 0 Å². The summed E-state index contributed by atoms with van der Waals surface area (Å²) in [6.45, 7) is 22.5. The summed E-state index contributed by atoms with van der Waals surface area (Å²) in [5.74, 6) is -1.19. The van der Waals surface area contributed by atoms with Crippen molar-refractivity contribution in [2.45, 2.75) is 143 Å². The van der Waals surface area contributed by atoms with Crippen LogP contribution in [0.15, 0.2) is 54.9 Å². The lowest BCUT2D eigenvalue weighted by Gasteiger charge is -2.35. The second-order valence-corrected chi connectivity index (χ2v) is 21.2. The van der Waals surface area contributed by atoms with Crippen molar-refractivity contribution in [2.75, 3.05) is 39.8 Å². The number of carbonyl (C=O) groups excluding carboxylic acids is 6. The molecule has 2 atom stereocenters. The maximum absolute atomic E-state index is 14.4. The predicted molar refractivity (Wildman–Crippen MR) is 259 cm³/mol. The molecule has 1 fully saturated rings. The van der Waals surface area contributed by atoms with Gasteiger partial charge in [0.2, 0.25) is 0 Å². The van der Waals surface area contributed by atoms with Gasteiger partial charge in [0.1, 0.15) is 39.5 Å². The largest absolute Gasteiger partial charge is 0.514 e. The molecule has 3 heterocycles. The van der Waals surface area contributed by atoms with E-state index >= 15 is 0 Å². The smallest absolute Gasteiger partial charge is 0.467 e. The van der Waals surface area contributed by atoms with Gasteiger partial charge in [-0.05, 0) is 138 Å². The molecule has 0 radical (unpaired) electrons. The van der Waals surface area contributed by atoms with Crippen LogP contribution in [-0.2, 0) is 39.7 Å². The van der Waals surface area contributed by atoms with E-state index < -0.39 is 64.8 Å². The van der Waals surface area contributed by atoms with E-state index in [1.54, 1.807) is 148 Å². The first-order chi connectivity index (χ1) is 33.1. The summed E-state index contributed by atoms with van der Waals surface area (Å²) in [5, 5.41) is 20.3. The summed E-state index contributed by atoms with van der Waals surface area (Å²) in [6.07, 6.45) is 2.83. The molecule has 21 heteroatoms. The first kappa shape index (κ1) is 54.9. The maximum atomic E-state index is 14.4. The standard InChI is InChI=1S/C50H69N9O12/c1-47(2,3)68-43(62)40(26-32-17-19-36(20-18-32)67-46(65)71-50(10,11)12)59-31-38(53-55-59)34-27-33(28-35(29-34)41(60)56-22-24-57(25-23-56)45(64)70-49(7,8)9)37-30-58(54-52-37)39(42(61)66-13)16-14-15-21-51-44(63)69-48(4,5)6/h17-20,27-31,39-40H,14-16,21-26H2,1-13H3,(H,51,63)/t39-,40-/m0/s1.